The van der Waals surface area contributed by atoms with Crippen molar-refractivity contribution >= 4 is 0 Å². The third-order valence-electron chi connectivity index (χ3n) is 2.84. The van der Waals surface area contributed by atoms with Crippen molar-refractivity contribution in [2.45, 2.75) is 24.4 Å². The van der Waals surface area contributed by atoms with E-state index in [1.165, 1.54) is 7.11 Å². The molecule has 18 heavy (non-hydrogen) atoms. The van der Waals surface area contributed by atoms with E-state index in [9.17, 15) is 14.3 Å². The molecule has 0 aliphatic carbocycles. The fraction of sp³-hybridized carbons (Fsp3) is 0.600. The monoisotopic (exact) mass is 260 g/mol. The van der Waals surface area contributed by atoms with Gasteiger partial charge in [0, 0.05) is 7.11 Å². The topological polar surface area (TPSA) is 105 Å². The summed E-state index contributed by atoms with van der Waals surface area (Å²) in [6, 6.07) is 0. The number of aliphatic hydroxyl groups is 2. The average Bonchev–Trinajstić information content (AvgIpc) is 2.65. The number of H-pyrrole nitrogens is 1. The van der Waals surface area contributed by atoms with Crippen LogP contribution in [0.3, 0.4) is 0 Å². The van der Waals surface area contributed by atoms with Gasteiger partial charge in [0.25, 0.3) is 5.56 Å². The van der Waals surface area contributed by atoms with E-state index < -0.39 is 42.5 Å². The predicted octanol–water partition coefficient (Wildman–Crippen LogP) is -1.28. The van der Waals surface area contributed by atoms with E-state index in [2.05, 4.69) is 4.98 Å². The van der Waals surface area contributed by atoms with E-state index >= 15 is 0 Å². The maximum absolute atomic E-state index is 13.6. The van der Waals surface area contributed by atoms with Gasteiger partial charge in [-0.2, -0.15) is 4.39 Å². The SMILES string of the molecule is COC1C(c2ncc(=O)[nH]c2F)OC(CO)C1O. The zero-order chi connectivity index (χ0) is 13.3. The Kier molecular flexibility index (Phi) is 3.71. The first-order valence-electron chi connectivity index (χ1n) is 5.30. The quantitative estimate of drug-likeness (QED) is 0.625. The number of halogens is 1. The van der Waals surface area contributed by atoms with Crippen molar-refractivity contribution in [2.75, 3.05) is 13.7 Å². The van der Waals surface area contributed by atoms with Gasteiger partial charge in [-0.25, -0.2) is 4.98 Å². The number of hydrogen-bond acceptors (Lipinski definition) is 6. The maximum atomic E-state index is 13.6. The van der Waals surface area contributed by atoms with Crippen LogP contribution < -0.4 is 5.56 Å². The van der Waals surface area contributed by atoms with Gasteiger partial charge in [-0.1, -0.05) is 0 Å². The molecule has 1 fully saturated rings. The molecule has 0 amide bonds. The lowest BCUT2D eigenvalue weighted by atomic mass is 10.1. The Morgan fingerprint density at radius 2 is 2.39 bits per heavy atom. The molecule has 8 heteroatoms. The lowest BCUT2D eigenvalue weighted by Gasteiger charge is -2.18. The summed E-state index contributed by atoms with van der Waals surface area (Å²) in [5.74, 6) is -0.944. The second-order valence-electron chi connectivity index (χ2n) is 3.92. The molecule has 3 N–H and O–H groups in total. The molecule has 0 radical (unpaired) electrons. The van der Waals surface area contributed by atoms with E-state index in [0.29, 0.717) is 0 Å². The van der Waals surface area contributed by atoms with Gasteiger partial charge in [0.1, 0.15) is 30.1 Å². The van der Waals surface area contributed by atoms with E-state index in [0.717, 1.165) is 6.20 Å². The zero-order valence-electron chi connectivity index (χ0n) is 9.54. The first kappa shape index (κ1) is 13.1. The lowest BCUT2D eigenvalue weighted by molar-refractivity contribution is -0.0267. The summed E-state index contributed by atoms with van der Waals surface area (Å²) >= 11 is 0. The highest BCUT2D eigenvalue weighted by molar-refractivity contribution is 5.10. The normalized spacial score (nSPS) is 31.8. The molecule has 0 bridgehead atoms. The molecule has 1 aromatic heterocycles. The Balaban J connectivity index is 2.34. The van der Waals surface area contributed by atoms with Crippen LogP contribution in [0.2, 0.25) is 0 Å². The van der Waals surface area contributed by atoms with Gasteiger partial charge >= 0.3 is 0 Å². The number of rotatable bonds is 3. The Morgan fingerprint density at radius 1 is 1.67 bits per heavy atom. The van der Waals surface area contributed by atoms with E-state index in [1.807, 2.05) is 4.98 Å². The van der Waals surface area contributed by atoms with Gasteiger partial charge < -0.3 is 19.7 Å². The van der Waals surface area contributed by atoms with Crippen molar-refractivity contribution in [2.24, 2.45) is 0 Å². The Bertz CT molecular complexity index is 480. The highest BCUT2D eigenvalue weighted by Crippen LogP contribution is 2.34. The zero-order valence-corrected chi connectivity index (χ0v) is 9.54. The van der Waals surface area contributed by atoms with Crippen LogP contribution in [0.25, 0.3) is 0 Å². The molecule has 0 spiro atoms. The molecule has 1 aromatic rings. The minimum atomic E-state index is -1.10. The Hall–Kier alpha value is -1.35. The summed E-state index contributed by atoms with van der Waals surface area (Å²) < 4.78 is 23.9. The van der Waals surface area contributed by atoms with Crippen LogP contribution in [-0.4, -0.2) is 52.2 Å². The minimum absolute atomic E-state index is 0.170. The fourth-order valence-corrected chi connectivity index (χ4v) is 1.96. The van der Waals surface area contributed by atoms with Crippen LogP contribution in [0.15, 0.2) is 11.0 Å². The average molecular weight is 260 g/mol. The smallest absolute Gasteiger partial charge is 0.268 e. The largest absolute Gasteiger partial charge is 0.394 e. The second kappa shape index (κ2) is 5.11. The van der Waals surface area contributed by atoms with Crippen LogP contribution in [0, 0.1) is 5.95 Å². The van der Waals surface area contributed by atoms with E-state index in [1.54, 1.807) is 0 Å². The van der Waals surface area contributed by atoms with Gasteiger partial charge in [0.2, 0.25) is 5.95 Å². The summed E-state index contributed by atoms with van der Waals surface area (Å²) in [7, 11) is 1.33. The van der Waals surface area contributed by atoms with Crippen LogP contribution >= 0.6 is 0 Å². The third-order valence-corrected chi connectivity index (χ3v) is 2.84. The van der Waals surface area contributed by atoms with Crippen LogP contribution in [0.5, 0.6) is 0 Å². The number of aliphatic hydroxyl groups excluding tert-OH is 2. The van der Waals surface area contributed by atoms with Crippen molar-refractivity contribution in [1.29, 1.82) is 0 Å². The molecule has 0 saturated carbocycles. The van der Waals surface area contributed by atoms with Crippen molar-refractivity contribution in [1.82, 2.24) is 9.97 Å². The number of nitrogens with zero attached hydrogens (tertiary/aromatic N) is 1. The number of aromatic amines is 1. The molecule has 1 saturated heterocycles. The summed E-state index contributed by atoms with van der Waals surface area (Å²) in [4.78, 5) is 16.5. The molecule has 7 nitrogen and oxygen atoms in total. The summed E-state index contributed by atoms with van der Waals surface area (Å²) in [5, 5.41) is 18.8. The first-order valence-corrected chi connectivity index (χ1v) is 5.30. The molecule has 4 atom stereocenters. The van der Waals surface area contributed by atoms with Gasteiger partial charge in [-0.3, -0.25) is 9.78 Å². The van der Waals surface area contributed by atoms with Crippen molar-refractivity contribution in [3.63, 3.8) is 0 Å². The number of hydrogen-bond donors (Lipinski definition) is 3. The van der Waals surface area contributed by atoms with Crippen molar-refractivity contribution in [3.8, 4) is 0 Å². The van der Waals surface area contributed by atoms with Gasteiger partial charge in [0.05, 0.1) is 12.8 Å². The fourth-order valence-electron chi connectivity index (χ4n) is 1.96. The summed E-state index contributed by atoms with van der Waals surface area (Å²) in [6.45, 7) is -0.428. The molecule has 1 aliphatic heterocycles. The number of aromatic nitrogens is 2. The molecule has 100 valence electrons. The predicted molar refractivity (Wildman–Crippen MR) is 56.3 cm³/mol. The molecule has 1 aliphatic rings. The van der Waals surface area contributed by atoms with E-state index in [-0.39, 0.29) is 5.69 Å². The summed E-state index contributed by atoms with van der Waals surface area (Å²) in [6.07, 6.45) is -2.92. The van der Waals surface area contributed by atoms with Crippen LogP contribution in [-0.2, 0) is 9.47 Å². The van der Waals surface area contributed by atoms with E-state index in [4.69, 9.17) is 14.6 Å². The third kappa shape index (κ3) is 2.15. The molecule has 4 unspecified atom stereocenters. The van der Waals surface area contributed by atoms with Crippen LogP contribution in [0.4, 0.5) is 4.39 Å². The van der Waals surface area contributed by atoms with Crippen LogP contribution in [0.1, 0.15) is 11.8 Å². The summed E-state index contributed by atoms with van der Waals surface area (Å²) in [5.41, 5.74) is -0.848. The molecule has 0 aromatic carbocycles. The minimum Gasteiger partial charge on any atom is -0.394 e. The second-order valence-corrected chi connectivity index (χ2v) is 3.92. The molecule has 2 heterocycles. The first-order chi connectivity index (χ1) is 8.58. The highest BCUT2D eigenvalue weighted by atomic mass is 19.1. The highest BCUT2D eigenvalue weighted by Gasteiger charge is 2.46. The maximum Gasteiger partial charge on any atom is 0.268 e. The molecular weight excluding hydrogens is 247 g/mol. The Labute approximate surface area is 101 Å². The van der Waals surface area contributed by atoms with Crippen molar-refractivity contribution < 1.29 is 24.1 Å². The lowest BCUT2D eigenvalue weighted by Crippen LogP contribution is -2.34. The molecule has 2 rings (SSSR count). The number of ether oxygens (including phenoxy) is 2. The molecular formula is C10H13FN2O5. The van der Waals surface area contributed by atoms with Gasteiger partial charge in [0.15, 0.2) is 0 Å². The Morgan fingerprint density at radius 3 is 2.94 bits per heavy atom. The standard InChI is InChI=1S/C10H13FN2O5/c1-17-9-7(16)4(3-14)18-8(9)6-10(11)13-5(15)2-12-6/h2,4,7-9,14,16H,3H2,1H3,(H,13,15). The number of nitrogens with one attached hydrogen (secondary N) is 1. The van der Waals surface area contributed by atoms with Crippen molar-refractivity contribution in [3.05, 3.63) is 28.2 Å². The number of methoxy groups -OCH3 is 1. The van der Waals surface area contributed by atoms with Gasteiger partial charge in [-0.05, 0) is 0 Å². The van der Waals surface area contributed by atoms with Gasteiger partial charge in [-0.15, -0.1) is 0 Å².